The number of benzene rings is 1. The van der Waals surface area contributed by atoms with Crippen LogP contribution in [0.1, 0.15) is 17.7 Å². The fraction of sp³-hybridized carbons (Fsp3) is 0.458. The number of aliphatic imine (C=N–C) groups is 1. The minimum atomic E-state index is -0.214. The van der Waals surface area contributed by atoms with Crippen LogP contribution in [0.25, 0.3) is 10.9 Å². The lowest BCUT2D eigenvalue weighted by Crippen LogP contribution is -2.40. The minimum absolute atomic E-state index is 0.214. The molecule has 172 valence electrons. The molecule has 0 radical (unpaired) electrons. The number of guanidine groups is 1. The van der Waals surface area contributed by atoms with Gasteiger partial charge in [0, 0.05) is 62.8 Å². The van der Waals surface area contributed by atoms with Crippen molar-refractivity contribution < 1.29 is 13.5 Å². The molecule has 1 aliphatic heterocycles. The Morgan fingerprint density at radius 3 is 2.78 bits per heavy atom. The fourth-order valence-corrected chi connectivity index (χ4v) is 3.92. The Labute approximate surface area is 188 Å². The minimum Gasteiger partial charge on any atom is -0.469 e. The van der Waals surface area contributed by atoms with Crippen molar-refractivity contribution in [2.45, 2.75) is 19.3 Å². The first-order valence-corrected chi connectivity index (χ1v) is 11.4. The molecule has 1 saturated heterocycles. The maximum atomic E-state index is 13.6. The second-order valence-electron chi connectivity index (χ2n) is 7.97. The molecule has 1 fully saturated rings. The summed E-state index contributed by atoms with van der Waals surface area (Å²) in [6, 6.07) is 8.72. The van der Waals surface area contributed by atoms with Gasteiger partial charge in [0.05, 0.1) is 19.5 Å². The van der Waals surface area contributed by atoms with Gasteiger partial charge in [-0.2, -0.15) is 0 Å². The van der Waals surface area contributed by atoms with Crippen molar-refractivity contribution >= 4 is 16.9 Å². The van der Waals surface area contributed by atoms with Gasteiger partial charge in [0.15, 0.2) is 5.96 Å². The molecule has 3 heterocycles. The fourth-order valence-electron chi connectivity index (χ4n) is 3.92. The van der Waals surface area contributed by atoms with Crippen molar-refractivity contribution in [3.05, 3.63) is 59.9 Å². The van der Waals surface area contributed by atoms with Gasteiger partial charge in [-0.15, -0.1) is 0 Å². The van der Waals surface area contributed by atoms with Crippen LogP contribution in [-0.2, 0) is 17.6 Å². The molecule has 0 unspecified atom stereocenters. The summed E-state index contributed by atoms with van der Waals surface area (Å²) >= 11 is 0. The smallest absolute Gasteiger partial charge is 0.191 e. The summed E-state index contributed by atoms with van der Waals surface area (Å²) in [6.07, 6.45) is 6.22. The predicted octanol–water partition coefficient (Wildman–Crippen LogP) is 2.94. The lowest BCUT2D eigenvalue weighted by Gasteiger charge is -2.26. The van der Waals surface area contributed by atoms with Gasteiger partial charge in [-0.3, -0.25) is 9.89 Å². The first kappa shape index (κ1) is 22.4. The zero-order valence-corrected chi connectivity index (χ0v) is 18.4. The summed E-state index contributed by atoms with van der Waals surface area (Å²) in [5.74, 6) is 1.53. The first-order valence-electron chi connectivity index (χ1n) is 11.4. The van der Waals surface area contributed by atoms with Crippen LogP contribution in [0, 0.1) is 5.82 Å². The number of nitrogens with zero attached hydrogens (tertiary/aromatic N) is 2. The second-order valence-corrected chi connectivity index (χ2v) is 7.97. The lowest BCUT2D eigenvalue weighted by atomic mass is 10.1. The van der Waals surface area contributed by atoms with Gasteiger partial charge < -0.3 is 24.8 Å². The van der Waals surface area contributed by atoms with E-state index in [1.54, 1.807) is 18.4 Å². The molecule has 7 nitrogen and oxygen atoms in total. The number of rotatable bonds is 10. The third-order valence-electron chi connectivity index (χ3n) is 5.67. The number of hydrogen-bond donors (Lipinski definition) is 3. The third kappa shape index (κ3) is 6.58. The zero-order valence-electron chi connectivity index (χ0n) is 18.4. The number of aromatic nitrogens is 1. The Balaban J connectivity index is 1.28. The number of morpholine rings is 1. The standard InChI is InChI=1S/C24H32FN5O2/c25-20-4-5-23-22(17-20)19(18-29-23)6-9-27-24(28-10-7-21-3-1-14-32-21)26-8-2-11-30-12-15-31-16-13-30/h1,3-5,14,17-18,29H,2,6-13,15-16H2,(H2,26,27,28). The number of aromatic amines is 1. The normalized spacial score (nSPS) is 15.3. The summed E-state index contributed by atoms with van der Waals surface area (Å²) in [6.45, 7) is 6.88. The maximum absolute atomic E-state index is 13.6. The molecular weight excluding hydrogens is 409 g/mol. The average molecular weight is 442 g/mol. The van der Waals surface area contributed by atoms with Crippen molar-refractivity contribution in [1.29, 1.82) is 0 Å². The summed E-state index contributed by atoms with van der Waals surface area (Å²) in [5.41, 5.74) is 2.05. The molecule has 4 rings (SSSR count). The molecule has 1 aromatic carbocycles. The molecule has 0 amide bonds. The number of ether oxygens (including phenoxy) is 1. The molecule has 0 saturated carbocycles. The van der Waals surface area contributed by atoms with E-state index in [4.69, 9.17) is 14.1 Å². The number of furan rings is 1. The Morgan fingerprint density at radius 2 is 1.97 bits per heavy atom. The number of hydrogen-bond acceptors (Lipinski definition) is 4. The maximum Gasteiger partial charge on any atom is 0.191 e. The lowest BCUT2D eigenvalue weighted by molar-refractivity contribution is 0.0377. The molecule has 32 heavy (non-hydrogen) atoms. The van der Waals surface area contributed by atoms with Crippen molar-refractivity contribution in [2.24, 2.45) is 4.99 Å². The van der Waals surface area contributed by atoms with Gasteiger partial charge in [-0.1, -0.05) is 0 Å². The van der Waals surface area contributed by atoms with Gasteiger partial charge in [0.2, 0.25) is 0 Å². The second kappa shape index (κ2) is 11.7. The molecular formula is C24H32FN5O2. The molecule has 3 aromatic rings. The van der Waals surface area contributed by atoms with E-state index >= 15 is 0 Å². The SMILES string of the molecule is Fc1ccc2[nH]cc(CCNC(=NCCCN3CCOCC3)NCCc3ccco3)c2c1. The quantitative estimate of drug-likeness (QED) is 0.256. The Kier molecular flexibility index (Phi) is 8.17. The molecule has 0 spiro atoms. The van der Waals surface area contributed by atoms with Crippen LogP contribution in [-0.4, -0.2) is 68.3 Å². The highest BCUT2D eigenvalue weighted by molar-refractivity contribution is 5.83. The van der Waals surface area contributed by atoms with Crippen LogP contribution < -0.4 is 10.6 Å². The highest BCUT2D eigenvalue weighted by atomic mass is 19.1. The first-order chi connectivity index (χ1) is 15.8. The largest absolute Gasteiger partial charge is 0.469 e. The molecule has 1 aliphatic rings. The van der Waals surface area contributed by atoms with E-state index < -0.39 is 0 Å². The summed E-state index contributed by atoms with van der Waals surface area (Å²) in [7, 11) is 0. The van der Waals surface area contributed by atoms with Crippen LogP contribution in [0.3, 0.4) is 0 Å². The van der Waals surface area contributed by atoms with E-state index in [0.29, 0.717) is 6.54 Å². The molecule has 0 atom stereocenters. The van der Waals surface area contributed by atoms with Crippen molar-refractivity contribution in [1.82, 2.24) is 20.5 Å². The zero-order chi connectivity index (χ0) is 22.0. The Morgan fingerprint density at radius 1 is 1.12 bits per heavy atom. The number of halogens is 1. The van der Waals surface area contributed by atoms with Gasteiger partial charge in [-0.05, 0) is 48.7 Å². The summed E-state index contributed by atoms with van der Waals surface area (Å²) in [5, 5.41) is 7.76. The summed E-state index contributed by atoms with van der Waals surface area (Å²) < 4.78 is 24.5. The van der Waals surface area contributed by atoms with E-state index in [2.05, 4.69) is 20.5 Å². The van der Waals surface area contributed by atoms with Crippen LogP contribution in [0.4, 0.5) is 4.39 Å². The Bertz CT molecular complexity index is 980. The van der Waals surface area contributed by atoms with Gasteiger partial charge in [-0.25, -0.2) is 4.39 Å². The van der Waals surface area contributed by atoms with Gasteiger partial charge in [0.25, 0.3) is 0 Å². The van der Waals surface area contributed by atoms with Crippen LogP contribution in [0.2, 0.25) is 0 Å². The van der Waals surface area contributed by atoms with E-state index in [-0.39, 0.29) is 5.82 Å². The van der Waals surface area contributed by atoms with E-state index in [9.17, 15) is 4.39 Å². The Hall–Kier alpha value is -2.84. The molecule has 0 aliphatic carbocycles. The van der Waals surface area contributed by atoms with Crippen LogP contribution in [0.15, 0.2) is 52.2 Å². The number of H-pyrrole nitrogens is 1. The number of nitrogens with one attached hydrogen (secondary N) is 3. The van der Waals surface area contributed by atoms with E-state index in [1.165, 1.54) is 6.07 Å². The molecule has 8 heteroatoms. The van der Waals surface area contributed by atoms with Crippen LogP contribution >= 0.6 is 0 Å². The monoisotopic (exact) mass is 441 g/mol. The van der Waals surface area contributed by atoms with Crippen LogP contribution in [0.5, 0.6) is 0 Å². The highest BCUT2D eigenvalue weighted by Crippen LogP contribution is 2.19. The average Bonchev–Trinajstić information content (AvgIpc) is 3.47. The van der Waals surface area contributed by atoms with Crippen molar-refractivity contribution in [2.75, 3.05) is 52.5 Å². The molecule has 0 bridgehead atoms. The van der Waals surface area contributed by atoms with E-state index in [1.807, 2.05) is 18.3 Å². The van der Waals surface area contributed by atoms with Crippen molar-refractivity contribution in [3.63, 3.8) is 0 Å². The number of fused-ring (bicyclic) bond motifs is 1. The topological polar surface area (TPSA) is 77.8 Å². The molecule has 3 N–H and O–H groups in total. The van der Waals surface area contributed by atoms with Gasteiger partial charge >= 0.3 is 0 Å². The third-order valence-corrected chi connectivity index (χ3v) is 5.67. The van der Waals surface area contributed by atoms with Gasteiger partial charge in [0.1, 0.15) is 11.6 Å². The molecule has 2 aromatic heterocycles. The van der Waals surface area contributed by atoms with E-state index in [0.717, 1.165) is 93.4 Å². The summed E-state index contributed by atoms with van der Waals surface area (Å²) in [4.78, 5) is 10.4. The van der Waals surface area contributed by atoms with Crippen molar-refractivity contribution in [3.8, 4) is 0 Å². The highest BCUT2D eigenvalue weighted by Gasteiger charge is 2.09. The predicted molar refractivity (Wildman–Crippen MR) is 125 cm³/mol.